The number of ether oxygens (including phenoxy) is 1. The van der Waals surface area contributed by atoms with E-state index in [1.807, 2.05) is 0 Å². The van der Waals surface area contributed by atoms with Crippen LogP contribution in [0.5, 0.6) is 5.75 Å². The summed E-state index contributed by atoms with van der Waals surface area (Å²) in [6.07, 6.45) is 5.68. The zero-order valence-electron chi connectivity index (χ0n) is 14.8. The maximum atomic E-state index is 13.0. The number of pyridine rings is 1. The predicted octanol–water partition coefficient (Wildman–Crippen LogP) is 3.16. The molecule has 2 amide bonds. The monoisotopic (exact) mass is 353 g/mol. The molecule has 2 aromatic rings. The van der Waals surface area contributed by atoms with E-state index in [1.54, 1.807) is 55.8 Å². The highest BCUT2D eigenvalue weighted by Gasteiger charge is 2.41. The molecule has 136 valence electrons. The third-order valence-electron chi connectivity index (χ3n) is 4.74. The van der Waals surface area contributed by atoms with Crippen LogP contribution in [-0.2, 0) is 4.79 Å². The molecule has 2 N–H and O–H groups in total. The second-order valence-electron chi connectivity index (χ2n) is 6.49. The Morgan fingerprint density at radius 1 is 1.04 bits per heavy atom. The minimum absolute atomic E-state index is 0.188. The zero-order valence-corrected chi connectivity index (χ0v) is 14.8. The Morgan fingerprint density at radius 2 is 1.77 bits per heavy atom. The molecule has 6 heteroatoms. The number of anilines is 1. The van der Waals surface area contributed by atoms with Crippen LogP contribution in [-0.4, -0.2) is 29.4 Å². The largest absolute Gasteiger partial charge is 0.497 e. The number of aromatic nitrogens is 1. The van der Waals surface area contributed by atoms with Gasteiger partial charge in [-0.2, -0.15) is 0 Å². The Morgan fingerprint density at radius 3 is 2.38 bits per heavy atom. The molecule has 1 aliphatic rings. The van der Waals surface area contributed by atoms with Gasteiger partial charge in [0, 0.05) is 11.9 Å². The number of methoxy groups -OCH3 is 1. The van der Waals surface area contributed by atoms with E-state index in [4.69, 9.17) is 4.74 Å². The Bertz CT molecular complexity index is 754. The summed E-state index contributed by atoms with van der Waals surface area (Å²) in [6, 6.07) is 12.3. The highest BCUT2D eigenvalue weighted by molar-refractivity contribution is 6.03. The van der Waals surface area contributed by atoms with E-state index in [1.165, 1.54) is 0 Å². The van der Waals surface area contributed by atoms with Gasteiger partial charge in [-0.3, -0.25) is 14.6 Å². The molecule has 0 bridgehead atoms. The third kappa shape index (κ3) is 4.02. The number of nitrogens with zero attached hydrogens (tertiary/aromatic N) is 1. The van der Waals surface area contributed by atoms with E-state index in [0.717, 1.165) is 25.0 Å². The predicted molar refractivity (Wildman–Crippen MR) is 99.1 cm³/mol. The summed E-state index contributed by atoms with van der Waals surface area (Å²) in [6.45, 7) is 0. The van der Waals surface area contributed by atoms with Gasteiger partial charge in [0.05, 0.1) is 7.11 Å². The molecule has 6 nitrogen and oxygen atoms in total. The third-order valence-corrected chi connectivity index (χ3v) is 4.74. The van der Waals surface area contributed by atoms with Gasteiger partial charge in [-0.1, -0.05) is 25.3 Å². The summed E-state index contributed by atoms with van der Waals surface area (Å²) in [5.74, 6) is 0.211. The molecule has 26 heavy (non-hydrogen) atoms. The summed E-state index contributed by atoms with van der Waals surface area (Å²) >= 11 is 0. The Hall–Kier alpha value is -2.89. The van der Waals surface area contributed by atoms with Crippen LogP contribution in [0.3, 0.4) is 0 Å². The fourth-order valence-electron chi connectivity index (χ4n) is 3.27. The van der Waals surface area contributed by atoms with E-state index in [-0.39, 0.29) is 11.8 Å². The summed E-state index contributed by atoms with van der Waals surface area (Å²) in [5.41, 5.74) is 0.0785. The van der Waals surface area contributed by atoms with Crippen LogP contribution in [0.15, 0.2) is 48.7 Å². The summed E-state index contributed by atoms with van der Waals surface area (Å²) in [4.78, 5) is 29.7. The van der Waals surface area contributed by atoms with E-state index in [0.29, 0.717) is 24.2 Å². The number of rotatable bonds is 5. The summed E-state index contributed by atoms with van der Waals surface area (Å²) in [5, 5.41) is 5.88. The number of hydrogen-bond donors (Lipinski definition) is 2. The van der Waals surface area contributed by atoms with Gasteiger partial charge in [0.25, 0.3) is 5.91 Å². The van der Waals surface area contributed by atoms with Crippen molar-refractivity contribution in [2.75, 3.05) is 12.4 Å². The first-order valence-corrected chi connectivity index (χ1v) is 8.82. The minimum Gasteiger partial charge on any atom is -0.497 e. The second-order valence-corrected chi connectivity index (χ2v) is 6.49. The molecule has 0 atom stereocenters. The van der Waals surface area contributed by atoms with Crippen molar-refractivity contribution in [3.8, 4) is 5.75 Å². The van der Waals surface area contributed by atoms with Crippen LogP contribution in [0.25, 0.3) is 0 Å². The molecular weight excluding hydrogens is 330 g/mol. The molecule has 1 heterocycles. The van der Waals surface area contributed by atoms with Crippen molar-refractivity contribution in [3.63, 3.8) is 0 Å². The van der Waals surface area contributed by atoms with Gasteiger partial charge in [0.1, 0.15) is 17.0 Å². The molecule has 1 aromatic heterocycles. The van der Waals surface area contributed by atoms with Crippen LogP contribution in [0.1, 0.15) is 42.6 Å². The smallest absolute Gasteiger partial charge is 0.270 e. The average molecular weight is 353 g/mol. The minimum atomic E-state index is -0.910. The molecule has 1 aromatic carbocycles. The van der Waals surface area contributed by atoms with E-state index >= 15 is 0 Å². The summed E-state index contributed by atoms with van der Waals surface area (Å²) < 4.78 is 5.14. The molecule has 0 aliphatic heterocycles. The van der Waals surface area contributed by atoms with Crippen molar-refractivity contribution in [1.82, 2.24) is 10.3 Å². The lowest BCUT2D eigenvalue weighted by molar-refractivity contribution is -0.123. The molecule has 1 fully saturated rings. The van der Waals surface area contributed by atoms with Gasteiger partial charge in [-0.15, -0.1) is 0 Å². The van der Waals surface area contributed by atoms with Gasteiger partial charge in [-0.25, -0.2) is 0 Å². The number of nitrogens with one attached hydrogen (secondary N) is 2. The van der Waals surface area contributed by atoms with Gasteiger partial charge in [0.2, 0.25) is 5.91 Å². The Kier molecular flexibility index (Phi) is 5.51. The maximum Gasteiger partial charge on any atom is 0.270 e. The number of hydrogen-bond acceptors (Lipinski definition) is 4. The normalized spacial score (nSPS) is 15.7. The van der Waals surface area contributed by atoms with Gasteiger partial charge >= 0.3 is 0 Å². The van der Waals surface area contributed by atoms with Crippen LogP contribution in [0.4, 0.5) is 5.69 Å². The SMILES string of the molecule is COc1ccc(NC(=O)C2(NC(=O)c3ccccn3)CCCCC2)cc1. The van der Waals surface area contributed by atoms with E-state index in [2.05, 4.69) is 15.6 Å². The maximum absolute atomic E-state index is 13.0. The number of carbonyl (C=O) groups excluding carboxylic acids is 2. The second kappa shape index (κ2) is 7.99. The van der Waals surface area contributed by atoms with Crippen molar-refractivity contribution in [2.45, 2.75) is 37.6 Å². The highest BCUT2D eigenvalue weighted by Crippen LogP contribution is 2.30. The fourth-order valence-corrected chi connectivity index (χ4v) is 3.27. The highest BCUT2D eigenvalue weighted by atomic mass is 16.5. The first-order valence-electron chi connectivity index (χ1n) is 8.82. The lowest BCUT2D eigenvalue weighted by atomic mass is 9.80. The van der Waals surface area contributed by atoms with E-state index in [9.17, 15) is 9.59 Å². The standard InChI is InChI=1S/C20H23N3O3/c1-26-16-10-8-15(9-11-16)22-19(25)20(12-4-2-5-13-20)23-18(24)17-7-3-6-14-21-17/h3,6-11,14H,2,4-5,12-13H2,1H3,(H,22,25)(H,23,24). The van der Waals surface area contributed by atoms with Crippen LogP contribution in [0.2, 0.25) is 0 Å². The van der Waals surface area contributed by atoms with Crippen molar-refractivity contribution in [3.05, 3.63) is 54.4 Å². The van der Waals surface area contributed by atoms with Crippen molar-refractivity contribution >= 4 is 17.5 Å². The first-order chi connectivity index (χ1) is 12.6. The topological polar surface area (TPSA) is 80.3 Å². The average Bonchev–Trinajstić information content (AvgIpc) is 2.70. The molecule has 0 spiro atoms. The molecule has 0 unspecified atom stereocenters. The van der Waals surface area contributed by atoms with Gasteiger partial charge < -0.3 is 15.4 Å². The first kappa shape index (κ1) is 17.9. The number of carbonyl (C=O) groups is 2. The Balaban J connectivity index is 1.77. The molecule has 1 aliphatic carbocycles. The fraction of sp³-hybridized carbons (Fsp3) is 0.350. The van der Waals surface area contributed by atoms with Crippen LogP contribution < -0.4 is 15.4 Å². The quantitative estimate of drug-likeness (QED) is 0.865. The molecule has 0 saturated heterocycles. The number of benzene rings is 1. The van der Waals surface area contributed by atoms with Gasteiger partial charge in [0.15, 0.2) is 0 Å². The zero-order chi connectivity index (χ0) is 18.4. The molecule has 0 radical (unpaired) electrons. The lowest BCUT2D eigenvalue weighted by Gasteiger charge is -2.36. The van der Waals surface area contributed by atoms with Crippen LogP contribution in [0, 0.1) is 0 Å². The van der Waals surface area contributed by atoms with Crippen molar-refractivity contribution in [1.29, 1.82) is 0 Å². The Labute approximate surface area is 153 Å². The van der Waals surface area contributed by atoms with Crippen molar-refractivity contribution in [2.24, 2.45) is 0 Å². The van der Waals surface area contributed by atoms with Crippen LogP contribution >= 0.6 is 0 Å². The van der Waals surface area contributed by atoms with Gasteiger partial charge in [-0.05, 0) is 49.2 Å². The molecule has 1 saturated carbocycles. The molecular formula is C20H23N3O3. The molecule has 3 rings (SSSR count). The summed E-state index contributed by atoms with van der Waals surface area (Å²) in [7, 11) is 1.59. The lowest BCUT2D eigenvalue weighted by Crippen LogP contribution is -2.57. The number of amides is 2. The van der Waals surface area contributed by atoms with Crippen molar-refractivity contribution < 1.29 is 14.3 Å². The van der Waals surface area contributed by atoms with E-state index < -0.39 is 5.54 Å².